The van der Waals surface area contributed by atoms with Crippen molar-refractivity contribution in [1.82, 2.24) is 0 Å². The van der Waals surface area contributed by atoms with E-state index in [-0.39, 0.29) is 5.78 Å². The predicted octanol–water partition coefficient (Wildman–Crippen LogP) is 1.90. The molecule has 0 amide bonds. The van der Waals surface area contributed by atoms with Gasteiger partial charge >= 0.3 is 0 Å². The summed E-state index contributed by atoms with van der Waals surface area (Å²) in [4.78, 5) is 10.9. The minimum Gasteiger partial charge on any atom is -0.295 e. The molecule has 0 unspecified atom stereocenters. The molecular formula is C7H9ClO. The molecule has 0 aliphatic heterocycles. The zero-order valence-electron chi connectivity index (χ0n) is 5.19. The van der Waals surface area contributed by atoms with E-state index < -0.39 is 0 Å². The Morgan fingerprint density at radius 2 is 2.44 bits per heavy atom. The van der Waals surface area contributed by atoms with Gasteiger partial charge in [0.2, 0.25) is 0 Å². The molecule has 0 saturated heterocycles. The average molecular weight is 145 g/mol. The Kier molecular flexibility index (Phi) is 2.29. The molecule has 0 spiro atoms. The van der Waals surface area contributed by atoms with Crippen LogP contribution >= 0.6 is 11.6 Å². The van der Waals surface area contributed by atoms with Gasteiger partial charge in [-0.1, -0.05) is 6.08 Å². The second-order valence-corrected chi connectivity index (χ2v) is 2.45. The molecule has 0 aromatic heterocycles. The number of hydrogen-bond acceptors (Lipinski definition) is 1. The lowest BCUT2D eigenvalue weighted by Gasteiger charge is -2.07. The van der Waals surface area contributed by atoms with Gasteiger partial charge in [-0.3, -0.25) is 4.79 Å². The molecule has 0 fully saturated rings. The maximum Gasteiger partial charge on any atom is 0.159 e. The second-order valence-electron chi connectivity index (χ2n) is 2.18. The molecule has 0 heterocycles. The summed E-state index contributed by atoms with van der Waals surface area (Å²) in [6, 6.07) is 0. The molecule has 9 heavy (non-hydrogen) atoms. The van der Waals surface area contributed by atoms with Crippen LogP contribution in [0.15, 0.2) is 11.6 Å². The lowest BCUT2D eigenvalue weighted by atomic mass is 10.00. The van der Waals surface area contributed by atoms with Crippen molar-refractivity contribution in [3.05, 3.63) is 11.6 Å². The molecule has 1 rings (SSSR count). The first kappa shape index (κ1) is 6.81. The van der Waals surface area contributed by atoms with E-state index in [2.05, 4.69) is 0 Å². The van der Waals surface area contributed by atoms with Gasteiger partial charge in [-0.25, -0.2) is 0 Å². The molecule has 0 saturated carbocycles. The summed E-state index contributed by atoms with van der Waals surface area (Å²) in [7, 11) is 0. The van der Waals surface area contributed by atoms with Crippen LogP contribution in [0.2, 0.25) is 0 Å². The van der Waals surface area contributed by atoms with E-state index in [1.165, 1.54) is 0 Å². The van der Waals surface area contributed by atoms with Crippen molar-refractivity contribution in [2.75, 3.05) is 5.88 Å². The van der Waals surface area contributed by atoms with Crippen molar-refractivity contribution in [2.45, 2.75) is 19.3 Å². The van der Waals surface area contributed by atoms with Crippen LogP contribution in [0.4, 0.5) is 0 Å². The maximum absolute atomic E-state index is 10.9. The third-order valence-corrected chi connectivity index (χ3v) is 1.79. The van der Waals surface area contributed by atoms with Gasteiger partial charge in [-0.15, -0.1) is 11.6 Å². The Morgan fingerprint density at radius 3 is 2.89 bits per heavy atom. The summed E-state index contributed by atoms with van der Waals surface area (Å²) in [5, 5.41) is 0. The Labute approximate surface area is 59.7 Å². The number of alkyl halides is 1. The standard InChI is InChI=1S/C7H9ClO/c8-5-6-3-1-2-4-7(6)9/h3H,1-2,4-5H2. The molecule has 0 aromatic rings. The van der Waals surface area contributed by atoms with Gasteiger partial charge in [0.05, 0.1) is 5.88 Å². The molecule has 1 nitrogen and oxygen atoms in total. The molecule has 0 atom stereocenters. The minimum absolute atomic E-state index is 0.233. The molecule has 2 heteroatoms. The molecular weight excluding hydrogens is 136 g/mol. The van der Waals surface area contributed by atoms with Crippen molar-refractivity contribution in [2.24, 2.45) is 0 Å². The number of ketones is 1. The summed E-state index contributed by atoms with van der Waals surface area (Å²) >= 11 is 5.49. The molecule has 1 aliphatic rings. The third-order valence-electron chi connectivity index (χ3n) is 1.50. The quantitative estimate of drug-likeness (QED) is 0.514. The van der Waals surface area contributed by atoms with Crippen LogP contribution in [-0.4, -0.2) is 11.7 Å². The summed E-state index contributed by atoms with van der Waals surface area (Å²) in [6.07, 6.45) is 4.66. The average Bonchev–Trinajstić information content (AvgIpc) is 1.89. The van der Waals surface area contributed by atoms with Gasteiger partial charge in [0.15, 0.2) is 5.78 Å². The number of Topliss-reactive ketones (excluding diaryl/α,β-unsaturated/α-hetero) is 1. The number of carbonyl (C=O) groups excluding carboxylic acids is 1. The van der Waals surface area contributed by atoms with Gasteiger partial charge in [0.25, 0.3) is 0 Å². The number of carbonyl (C=O) groups is 1. The zero-order valence-corrected chi connectivity index (χ0v) is 5.95. The van der Waals surface area contributed by atoms with E-state index >= 15 is 0 Å². The minimum atomic E-state index is 0.233. The lowest BCUT2D eigenvalue weighted by Crippen LogP contribution is -2.07. The summed E-state index contributed by atoms with van der Waals surface area (Å²) in [5.74, 6) is 0.620. The molecule has 0 bridgehead atoms. The van der Waals surface area contributed by atoms with Crippen molar-refractivity contribution in [1.29, 1.82) is 0 Å². The lowest BCUT2D eigenvalue weighted by molar-refractivity contribution is -0.115. The highest BCUT2D eigenvalue weighted by atomic mass is 35.5. The second kappa shape index (κ2) is 3.02. The van der Waals surface area contributed by atoms with Crippen LogP contribution in [0, 0.1) is 0 Å². The van der Waals surface area contributed by atoms with E-state index in [0.29, 0.717) is 12.3 Å². The van der Waals surface area contributed by atoms with Gasteiger partial charge < -0.3 is 0 Å². The Morgan fingerprint density at radius 1 is 1.67 bits per heavy atom. The van der Waals surface area contributed by atoms with Gasteiger partial charge in [-0.2, -0.15) is 0 Å². The van der Waals surface area contributed by atoms with Crippen molar-refractivity contribution < 1.29 is 4.79 Å². The maximum atomic E-state index is 10.9. The Balaban J connectivity index is 2.64. The normalized spacial score (nSPS) is 19.7. The van der Waals surface area contributed by atoms with Crippen molar-refractivity contribution >= 4 is 17.4 Å². The monoisotopic (exact) mass is 144 g/mol. The first-order valence-corrected chi connectivity index (χ1v) is 3.66. The smallest absolute Gasteiger partial charge is 0.159 e. The molecule has 0 aromatic carbocycles. The van der Waals surface area contributed by atoms with Crippen LogP contribution in [0.1, 0.15) is 19.3 Å². The molecule has 0 radical (unpaired) electrons. The SMILES string of the molecule is O=C1CCCC=C1CCl. The van der Waals surface area contributed by atoms with E-state index in [0.717, 1.165) is 18.4 Å². The van der Waals surface area contributed by atoms with E-state index in [1.807, 2.05) is 6.08 Å². The Hall–Kier alpha value is -0.300. The Bertz CT molecular complexity index is 149. The van der Waals surface area contributed by atoms with Gasteiger partial charge in [-0.05, 0) is 12.8 Å². The highest BCUT2D eigenvalue weighted by Gasteiger charge is 2.10. The first-order valence-electron chi connectivity index (χ1n) is 3.13. The summed E-state index contributed by atoms with van der Waals surface area (Å²) in [5.41, 5.74) is 0.808. The van der Waals surface area contributed by atoms with Crippen LogP contribution in [-0.2, 0) is 4.79 Å². The number of hydrogen-bond donors (Lipinski definition) is 0. The third kappa shape index (κ3) is 1.55. The first-order chi connectivity index (χ1) is 4.34. The highest BCUT2D eigenvalue weighted by molar-refractivity contribution is 6.22. The number of rotatable bonds is 1. The largest absolute Gasteiger partial charge is 0.295 e. The van der Waals surface area contributed by atoms with Gasteiger partial charge in [0, 0.05) is 12.0 Å². The van der Waals surface area contributed by atoms with Crippen LogP contribution in [0.25, 0.3) is 0 Å². The van der Waals surface area contributed by atoms with Crippen molar-refractivity contribution in [3.8, 4) is 0 Å². The number of halogens is 1. The van der Waals surface area contributed by atoms with E-state index in [1.54, 1.807) is 0 Å². The van der Waals surface area contributed by atoms with Crippen LogP contribution < -0.4 is 0 Å². The fraction of sp³-hybridized carbons (Fsp3) is 0.571. The van der Waals surface area contributed by atoms with Crippen LogP contribution in [0.3, 0.4) is 0 Å². The fourth-order valence-electron chi connectivity index (χ4n) is 0.942. The molecule has 0 N–H and O–H groups in total. The summed E-state index contributed by atoms with van der Waals surface area (Å²) < 4.78 is 0. The predicted molar refractivity (Wildman–Crippen MR) is 37.7 cm³/mol. The fourth-order valence-corrected chi connectivity index (χ4v) is 1.20. The number of allylic oxidation sites excluding steroid dienone is 2. The van der Waals surface area contributed by atoms with E-state index in [4.69, 9.17) is 11.6 Å². The van der Waals surface area contributed by atoms with Crippen LogP contribution in [0.5, 0.6) is 0 Å². The van der Waals surface area contributed by atoms with Gasteiger partial charge in [0.1, 0.15) is 0 Å². The summed E-state index contributed by atoms with van der Waals surface area (Å²) in [6.45, 7) is 0. The molecule has 1 aliphatic carbocycles. The topological polar surface area (TPSA) is 17.1 Å². The molecule has 50 valence electrons. The highest BCUT2D eigenvalue weighted by Crippen LogP contribution is 2.14. The van der Waals surface area contributed by atoms with Crippen molar-refractivity contribution in [3.63, 3.8) is 0 Å². The zero-order chi connectivity index (χ0) is 6.69. The van der Waals surface area contributed by atoms with E-state index in [9.17, 15) is 4.79 Å².